The largest absolute Gasteiger partial charge is 0.573 e. The van der Waals surface area contributed by atoms with Crippen molar-refractivity contribution >= 4 is 34.1 Å². The molecule has 1 aromatic heterocycles. The Morgan fingerprint density at radius 2 is 1.62 bits per heavy atom. The van der Waals surface area contributed by atoms with Crippen LogP contribution in [0.4, 0.5) is 13.2 Å². The first kappa shape index (κ1) is 16.9. The van der Waals surface area contributed by atoms with Crippen LogP contribution in [0.15, 0.2) is 48.5 Å². The SMILES string of the molecule is FC(F)(F)Oc1ccc(Cc2c(Cl)nc3ccccc3c2Cl)cc1. The minimum absolute atomic E-state index is 0.273. The van der Waals surface area contributed by atoms with Crippen LogP contribution in [-0.4, -0.2) is 11.3 Å². The highest BCUT2D eigenvalue weighted by atomic mass is 35.5. The summed E-state index contributed by atoms with van der Waals surface area (Å²) < 4.78 is 40.4. The highest BCUT2D eigenvalue weighted by Gasteiger charge is 2.30. The number of hydrogen-bond acceptors (Lipinski definition) is 2. The predicted octanol–water partition coefficient (Wildman–Crippen LogP) is 6.03. The summed E-state index contributed by atoms with van der Waals surface area (Å²) in [6, 6.07) is 12.9. The van der Waals surface area contributed by atoms with Crippen molar-refractivity contribution in [2.45, 2.75) is 12.8 Å². The van der Waals surface area contributed by atoms with Crippen LogP contribution in [0, 0.1) is 0 Å². The number of para-hydroxylation sites is 1. The van der Waals surface area contributed by atoms with Gasteiger partial charge in [0, 0.05) is 17.4 Å². The van der Waals surface area contributed by atoms with Crippen molar-refractivity contribution in [2.75, 3.05) is 0 Å². The fraction of sp³-hybridized carbons (Fsp3) is 0.118. The summed E-state index contributed by atoms with van der Waals surface area (Å²) in [5, 5.41) is 1.53. The molecule has 0 atom stereocenters. The smallest absolute Gasteiger partial charge is 0.406 e. The summed E-state index contributed by atoms with van der Waals surface area (Å²) in [5.74, 6) is -0.278. The highest BCUT2D eigenvalue weighted by molar-refractivity contribution is 6.39. The molecule has 124 valence electrons. The Hall–Kier alpha value is -1.98. The summed E-state index contributed by atoms with van der Waals surface area (Å²) in [6.07, 6.45) is -4.36. The first-order valence-corrected chi connectivity index (χ1v) is 7.66. The molecule has 0 saturated heterocycles. The zero-order valence-electron chi connectivity index (χ0n) is 12.1. The number of alkyl halides is 3. The van der Waals surface area contributed by atoms with Crippen molar-refractivity contribution in [1.82, 2.24) is 4.98 Å². The van der Waals surface area contributed by atoms with Crippen LogP contribution in [0.2, 0.25) is 10.2 Å². The number of fused-ring (bicyclic) bond motifs is 1. The summed E-state index contributed by atoms with van der Waals surface area (Å²) in [6.45, 7) is 0. The monoisotopic (exact) mass is 371 g/mol. The van der Waals surface area contributed by atoms with E-state index in [-0.39, 0.29) is 10.9 Å². The summed E-state index contributed by atoms with van der Waals surface area (Å²) >= 11 is 12.6. The topological polar surface area (TPSA) is 22.1 Å². The van der Waals surface area contributed by atoms with Gasteiger partial charge in [-0.15, -0.1) is 13.2 Å². The maximum atomic E-state index is 12.2. The number of nitrogens with zero attached hydrogens (tertiary/aromatic N) is 1. The molecule has 1 heterocycles. The average Bonchev–Trinajstić information content (AvgIpc) is 2.51. The quantitative estimate of drug-likeness (QED) is 0.524. The Morgan fingerprint density at radius 1 is 0.958 bits per heavy atom. The lowest BCUT2D eigenvalue weighted by Crippen LogP contribution is -2.17. The Labute approximate surface area is 145 Å². The second-order valence-corrected chi connectivity index (χ2v) is 5.82. The molecule has 0 aliphatic rings. The average molecular weight is 372 g/mol. The van der Waals surface area contributed by atoms with E-state index >= 15 is 0 Å². The van der Waals surface area contributed by atoms with E-state index in [1.54, 1.807) is 6.07 Å². The summed E-state index contributed by atoms with van der Waals surface area (Å²) in [4.78, 5) is 4.31. The first-order chi connectivity index (χ1) is 11.3. The van der Waals surface area contributed by atoms with E-state index in [2.05, 4.69) is 9.72 Å². The molecule has 0 saturated carbocycles. The molecule has 0 amide bonds. The lowest BCUT2D eigenvalue weighted by molar-refractivity contribution is -0.274. The maximum absolute atomic E-state index is 12.2. The van der Waals surface area contributed by atoms with Crippen LogP contribution in [0.3, 0.4) is 0 Å². The minimum Gasteiger partial charge on any atom is -0.406 e. The maximum Gasteiger partial charge on any atom is 0.573 e. The van der Waals surface area contributed by atoms with E-state index in [1.165, 1.54) is 24.3 Å². The van der Waals surface area contributed by atoms with Gasteiger partial charge >= 0.3 is 6.36 Å². The van der Waals surface area contributed by atoms with Gasteiger partial charge in [-0.3, -0.25) is 0 Å². The van der Waals surface area contributed by atoms with Gasteiger partial charge in [-0.05, 0) is 23.8 Å². The summed E-state index contributed by atoms with van der Waals surface area (Å²) in [7, 11) is 0. The summed E-state index contributed by atoms with van der Waals surface area (Å²) in [5.41, 5.74) is 2.05. The van der Waals surface area contributed by atoms with Gasteiger partial charge in [-0.1, -0.05) is 53.5 Å². The number of hydrogen-bond donors (Lipinski definition) is 0. The van der Waals surface area contributed by atoms with Gasteiger partial charge in [-0.25, -0.2) is 4.98 Å². The molecule has 3 aromatic rings. The molecule has 2 nitrogen and oxygen atoms in total. The van der Waals surface area contributed by atoms with Crippen LogP contribution in [0.25, 0.3) is 10.9 Å². The molecule has 0 unspecified atom stereocenters. The van der Waals surface area contributed by atoms with E-state index < -0.39 is 6.36 Å². The molecule has 7 heteroatoms. The molecule has 0 aliphatic carbocycles. The molecule has 0 N–H and O–H groups in total. The molecule has 3 rings (SSSR count). The third-order valence-corrected chi connectivity index (χ3v) is 4.16. The highest BCUT2D eigenvalue weighted by Crippen LogP contribution is 2.32. The van der Waals surface area contributed by atoms with Crippen molar-refractivity contribution in [2.24, 2.45) is 0 Å². The van der Waals surface area contributed by atoms with Gasteiger partial charge in [-0.2, -0.15) is 0 Å². The normalized spacial score (nSPS) is 11.7. The molecule has 0 aliphatic heterocycles. The van der Waals surface area contributed by atoms with Gasteiger partial charge < -0.3 is 4.74 Å². The molecule has 0 spiro atoms. The number of rotatable bonds is 3. The third kappa shape index (κ3) is 3.74. The van der Waals surface area contributed by atoms with Gasteiger partial charge in [0.2, 0.25) is 0 Å². The minimum atomic E-state index is -4.71. The van der Waals surface area contributed by atoms with Crippen LogP contribution in [0.5, 0.6) is 5.75 Å². The third-order valence-electron chi connectivity index (χ3n) is 3.41. The Kier molecular flexibility index (Phi) is 4.56. The molecule has 0 radical (unpaired) electrons. The van der Waals surface area contributed by atoms with E-state index in [1.807, 2.05) is 18.2 Å². The van der Waals surface area contributed by atoms with Crippen LogP contribution < -0.4 is 4.74 Å². The molecule has 0 fully saturated rings. The van der Waals surface area contributed by atoms with Crippen molar-refractivity contribution < 1.29 is 17.9 Å². The van der Waals surface area contributed by atoms with Gasteiger partial charge in [0.25, 0.3) is 0 Å². The standard InChI is InChI=1S/C17H10Cl2F3NO/c18-15-12-3-1-2-4-14(12)23-16(19)13(15)9-10-5-7-11(8-6-10)24-17(20,21)22/h1-8H,9H2. The zero-order chi connectivity index (χ0) is 17.3. The lowest BCUT2D eigenvalue weighted by Gasteiger charge is -2.11. The Bertz CT molecular complexity index is 879. The second-order valence-electron chi connectivity index (χ2n) is 5.08. The lowest BCUT2D eigenvalue weighted by atomic mass is 10.0. The molecule has 0 bridgehead atoms. The predicted molar refractivity (Wildman–Crippen MR) is 87.7 cm³/mol. The molecule has 24 heavy (non-hydrogen) atoms. The zero-order valence-corrected chi connectivity index (χ0v) is 13.6. The Morgan fingerprint density at radius 3 is 2.29 bits per heavy atom. The van der Waals surface area contributed by atoms with E-state index in [0.29, 0.717) is 22.5 Å². The number of aromatic nitrogens is 1. The number of benzene rings is 2. The fourth-order valence-corrected chi connectivity index (χ4v) is 2.96. The number of ether oxygens (including phenoxy) is 1. The van der Waals surface area contributed by atoms with Gasteiger partial charge in [0.15, 0.2) is 0 Å². The van der Waals surface area contributed by atoms with Crippen molar-refractivity contribution in [1.29, 1.82) is 0 Å². The van der Waals surface area contributed by atoms with Crippen molar-refractivity contribution in [3.8, 4) is 5.75 Å². The molecular weight excluding hydrogens is 362 g/mol. The van der Waals surface area contributed by atoms with Gasteiger partial charge in [0.1, 0.15) is 10.9 Å². The van der Waals surface area contributed by atoms with Crippen LogP contribution in [-0.2, 0) is 6.42 Å². The van der Waals surface area contributed by atoms with E-state index in [9.17, 15) is 13.2 Å². The fourth-order valence-electron chi connectivity index (χ4n) is 2.35. The van der Waals surface area contributed by atoms with Crippen LogP contribution in [0.1, 0.15) is 11.1 Å². The number of pyridine rings is 1. The molecular formula is C17H10Cl2F3NO. The van der Waals surface area contributed by atoms with E-state index in [0.717, 1.165) is 10.9 Å². The Balaban J connectivity index is 1.90. The molecule has 2 aromatic carbocycles. The van der Waals surface area contributed by atoms with Gasteiger partial charge in [0.05, 0.1) is 10.5 Å². The van der Waals surface area contributed by atoms with Crippen molar-refractivity contribution in [3.63, 3.8) is 0 Å². The first-order valence-electron chi connectivity index (χ1n) is 6.91. The second kappa shape index (κ2) is 6.49. The van der Waals surface area contributed by atoms with E-state index in [4.69, 9.17) is 23.2 Å². The van der Waals surface area contributed by atoms with Crippen LogP contribution >= 0.6 is 23.2 Å². The number of halogens is 5. The van der Waals surface area contributed by atoms with Crippen molar-refractivity contribution in [3.05, 3.63) is 69.8 Å².